The number of unbranched alkanes of at least 4 members (excludes halogenated alkanes) is 1. The van der Waals surface area contributed by atoms with Crippen molar-refractivity contribution >= 4 is 40.7 Å². The highest BCUT2D eigenvalue weighted by Gasteiger charge is 2.05. The summed E-state index contributed by atoms with van der Waals surface area (Å²) in [4.78, 5) is 10.8. The molecular formula is C15H18Cl2N4. The fourth-order valence-electron chi connectivity index (χ4n) is 1.89. The van der Waals surface area contributed by atoms with Gasteiger partial charge in [-0.3, -0.25) is 0 Å². The van der Waals surface area contributed by atoms with E-state index in [9.17, 15) is 0 Å². The van der Waals surface area contributed by atoms with Crippen LogP contribution in [-0.4, -0.2) is 23.6 Å². The van der Waals surface area contributed by atoms with Crippen LogP contribution < -0.4 is 10.2 Å². The van der Waals surface area contributed by atoms with Crippen LogP contribution >= 0.6 is 23.2 Å². The van der Waals surface area contributed by atoms with Crippen LogP contribution in [0.3, 0.4) is 0 Å². The van der Waals surface area contributed by atoms with Gasteiger partial charge in [-0.15, -0.1) is 0 Å². The van der Waals surface area contributed by atoms with Gasteiger partial charge in [0, 0.05) is 35.5 Å². The van der Waals surface area contributed by atoms with E-state index in [1.807, 2.05) is 13.1 Å². The molecule has 112 valence electrons. The molecule has 1 aromatic carbocycles. The molecule has 0 aliphatic heterocycles. The van der Waals surface area contributed by atoms with Crippen LogP contribution in [0.2, 0.25) is 10.0 Å². The lowest BCUT2D eigenvalue weighted by Gasteiger charge is -2.18. The van der Waals surface area contributed by atoms with Crippen LogP contribution in [-0.2, 0) is 0 Å². The number of rotatable bonds is 6. The van der Waals surface area contributed by atoms with Gasteiger partial charge in [-0.1, -0.05) is 36.5 Å². The predicted molar refractivity (Wildman–Crippen MR) is 90.0 cm³/mol. The number of hydrogen-bond donors (Lipinski definition) is 1. The number of halogens is 2. The topological polar surface area (TPSA) is 41.1 Å². The standard InChI is InChI=1S/C15H18Cl2N4/c1-3-4-7-21(2)14-5-6-18-15(20-14)19-13-9-11(16)8-12(17)10-13/h5-6,8-10H,3-4,7H2,1-2H3,(H,18,19,20). The zero-order chi connectivity index (χ0) is 15.2. The van der Waals surface area contributed by atoms with Gasteiger partial charge in [0.15, 0.2) is 0 Å². The summed E-state index contributed by atoms with van der Waals surface area (Å²) in [6.45, 7) is 3.14. The summed E-state index contributed by atoms with van der Waals surface area (Å²) in [6, 6.07) is 7.14. The third-order valence-electron chi connectivity index (χ3n) is 3.00. The molecule has 1 N–H and O–H groups in total. The summed E-state index contributed by atoms with van der Waals surface area (Å²) >= 11 is 12.0. The summed E-state index contributed by atoms with van der Waals surface area (Å²) in [5.74, 6) is 1.41. The molecule has 0 amide bonds. The van der Waals surface area contributed by atoms with Crippen LogP contribution in [0, 0.1) is 0 Å². The van der Waals surface area contributed by atoms with Crippen molar-refractivity contribution in [2.45, 2.75) is 19.8 Å². The lowest BCUT2D eigenvalue weighted by Crippen LogP contribution is -2.19. The molecule has 0 spiro atoms. The fourth-order valence-corrected chi connectivity index (χ4v) is 2.41. The van der Waals surface area contributed by atoms with Crippen LogP contribution in [0.4, 0.5) is 17.5 Å². The zero-order valence-electron chi connectivity index (χ0n) is 12.1. The molecule has 6 heteroatoms. The first-order valence-corrected chi connectivity index (χ1v) is 7.61. The average molecular weight is 325 g/mol. The molecule has 0 aliphatic carbocycles. The Morgan fingerprint density at radius 2 is 1.90 bits per heavy atom. The number of nitrogens with zero attached hydrogens (tertiary/aromatic N) is 3. The first-order valence-electron chi connectivity index (χ1n) is 6.86. The van der Waals surface area contributed by atoms with Crippen molar-refractivity contribution in [3.05, 3.63) is 40.5 Å². The minimum absolute atomic E-state index is 0.522. The maximum Gasteiger partial charge on any atom is 0.229 e. The minimum atomic E-state index is 0.522. The molecule has 0 radical (unpaired) electrons. The zero-order valence-corrected chi connectivity index (χ0v) is 13.6. The van der Waals surface area contributed by atoms with E-state index in [0.29, 0.717) is 16.0 Å². The second-order valence-electron chi connectivity index (χ2n) is 4.80. The monoisotopic (exact) mass is 324 g/mol. The van der Waals surface area contributed by atoms with Crippen molar-refractivity contribution in [1.82, 2.24) is 9.97 Å². The molecule has 0 unspecified atom stereocenters. The van der Waals surface area contributed by atoms with Crippen molar-refractivity contribution in [2.75, 3.05) is 23.8 Å². The van der Waals surface area contributed by atoms with E-state index in [1.165, 1.54) is 0 Å². The van der Waals surface area contributed by atoms with E-state index in [0.717, 1.165) is 30.9 Å². The Hall–Kier alpha value is -1.52. The van der Waals surface area contributed by atoms with Gasteiger partial charge in [0.25, 0.3) is 0 Å². The SMILES string of the molecule is CCCCN(C)c1ccnc(Nc2cc(Cl)cc(Cl)c2)n1. The van der Waals surface area contributed by atoms with Gasteiger partial charge in [0.1, 0.15) is 5.82 Å². The molecule has 2 rings (SSSR count). The fraction of sp³-hybridized carbons (Fsp3) is 0.333. The van der Waals surface area contributed by atoms with Gasteiger partial charge in [0.05, 0.1) is 0 Å². The average Bonchev–Trinajstić information content (AvgIpc) is 2.44. The van der Waals surface area contributed by atoms with Crippen molar-refractivity contribution < 1.29 is 0 Å². The van der Waals surface area contributed by atoms with Gasteiger partial charge >= 0.3 is 0 Å². The van der Waals surface area contributed by atoms with Crippen LogP contribution in [0.15, 0.2) is 30.5 Å². The largest absolute Gasteiger partial charge is 0.360 e. The molecule has 21 heavy (non-hydrogen) atoms. The maximum absolute atomic E-state index is 5.98. The first kappa shape index (κ1) is 15.9. The lowest BCUT2D eigenvalue weighted by molar-refractivity contribution is 0.759. The van der Waals surface area contributed by atoms with Crippen LogP contribution in [0.1, 0.15) is 19.8 Å². The molecule has 0 bridgehead atoms. The van der Waals surface area contributed by atoms with Crippen molar-refractivity contribution in [2.24, 2.45) is 0 Å². The van der Waals surface area contributed by atoms with Crippen molar-refractivity contribution in [3.63, 3.8) is 0 Å². The third-order valence-corrected chi connectivity index (χ3v) is 3.43. The summed E-state index contributed by atoms with van der Waals surface area (Å²) in [7, 11) is 2.03. The number of anilines is 3. The lowest BCUT2D eigenvalue weighted by atomic mass is 10.3. The summed E-state index contributed by atoms with van der Waals surface area (Å²) in [5, 5.41) is 4.26. The molecule has 1 heterocycles. The molecule has 0 fully saturated rings. The molecular weight excluding hydrogens is 307 g/mol. The van der Waals surface area contributed by atoms with Gasteiger partial charge < -0.3 is 10.2 Å². The number of hydrogen-bond acceptors (Lipinski definition) is 4. The van der Waals surface area contributed by atoms with Gasteiger partial charge in [-0.25, -0.2) is 4.98 Å². The molecule has 2 aromatic rings. The van der Waals surface area contributed by atoms with Crippen LogP contribution in [0.25, 0.3) is 0 Å². The molecule has 0 atom stereocenters. The molecule has 0 aliphatic rings. The van der Waals surface area contributed by atoms with E-state index < -0.39 is 0 Å². The summed E-state index contributed by atoms with van der Waals surface area (Å²) < 4.78 is 0. The van der Waals surface area contributed by atoms with E-state index in [2.05, 4.69) is 27.1 Å². The normalized spacial score (nSPS) is 10.5. The Morgan fingerprint density at radius 3 is 2.57 bits per heavy atom. The highest BCUT2D eigenvalue weighted by atomic mass is 35.5. The highest BCUT2D eigenvalue weighted by Crippen LogP contribution is 2.24. The molecule has 1 aromatic heterocycles. The summed E-state index contributed by atoms with van der Waals surface area (Å²) in [6.07, 6.45) is 4.02. The maximum atomic E-state index is 5.98. The van der Waals surface area contributed by atoms with Crippen LogP contribution in [0.5, 0.6) is 0 Å². The molecule has 0 saturated carbocycles. The Balaban J connectivity index is 2.13. The minimum Gasteiger partial charge on any atom is -0.360 e. The number of nitrogens with one attached hydrogen (secondary N) is 1. The second-order valence-corrected chi connectivity index (χ2v) is 5.67. The Bertz CT molecular complexity index is 584. The van der Waals surface area contributed by atoms with E-state index in [1.54, 1.807) is 24.4 Å². The van der Waals surface area contributed by atoms with Gasteiger partial charge in [0.2, 0.25) is 5.95 Å². The first-order chi connectivity index (χ1) is 10.1. The molecule has 4 nitrogen and oxygen atoms in total. The van der Waals surface area contributed by atoms with Crippen molar-refractivity contribution in [3.8, 4) is 0 Å². The van der Waals surface area contributed by atoms with Crippen molar-refractivity contribution in [1.29, 1.82) is 0 Å². The number of aromatic nitrogens is 2. The van der Waals surface area contributed by atoms with Gasteiger partial charge in [-0.2, -0.15) is 4.98 Å². The quantitative estimate of drug-likeness (QED) is 0.831. The Morgan fingerprint density at radius 1 is 1.19 bits per heavy atom. The third kappa shape index (κ3) is 4.76. The summed E-state index contributed by atoms with van der Waals surface area (Å²) in [5.41, 5.74) is 0.765. The van der Waals surface area contributed by atoms with E-state index in [-0.39, 0.29) is 0 Å². The number of benzene rings is 1. The van der Waals surface area contributed by atoms with E-state index >= 15 is 0 Å². The van der Waals surface area contributed by atoms with E-state index in [4.69, 9.17) is 23.2 Å². The Labute approximate surface area is 135 Å². The smallest absolute Gasteiger partial charge is 0.229 e. The second kappa shape index (κ2) is 7.48. The van der Waals surface area contributed by atoms with Gasteiger partial charge in [-0.05, 0) is 30.7 Å². The Kier molecular flexibility index (Phi) is 5.65. The highest BCUT2D eigenvalue weighted by molar-refractivity contribution is 6.35. The predicted octanol–water partition coefficient (Wildman–Crippen LogP) is 4.76. The molecule has 0 saturated heterocycles.